The van der Waals surface area contributed by atoms with Crippen molar-refractivity contribution in [1.82, 2.24) is 9.78 Å². The Hall–Kier alpha value is -1.52. The molecule has 3 N–H and O–H groups in total. The maximum absolute atomic E-state index is 10.4. The van der Waals surface area contributed by atoms with Crippen molar-refractivity contribution in [3.05, 3.63) is 11.8 Å². The van der Waals surface area contributed by atoms with Gasteiger partial charge in [-0.25, -0.2) is 4.68 Å². The third kappa shape index (κ3) is 2.25. The Bertz CT molecular complexity index is 331. The van der Waals surface area contributed by atoms with Crippen LogP contribution >= 0.6 is 0 Å². The molecule has 1 rings (SSSR count). The summed E-state index contributed by atoms with van der Waals surface area (Å²) in [5.41, 5.74) is 6.60. The van der Waals surface area contributed by atoms with Crippen molar-refractivity contribution in [2.45, 2.75) is 32.7 Å². The fourth-order valence-corrected chi connectivity index (χ4v) is 1.25. The van der Waals surface area contributed by atoms with Gasteiger partial charge in [0.2, 0.25) is 0 Å². The van der Waals surface area contributed by atoms with Gasteiger partial charge < -0.3 is 10.8 Å². The average Bonchev–Trinajstić information content (AvgIpc) is 2.43. The van der Waals surface area contributed by atoms with E-state index in [1.165, 1.54) is 0 Å². The quantitative estimate of drug-likeness (QED) is 0.756. The molecule has 1 aromatic rings. The van der Waals surface area contributed by atoms with Crippen molar-refractivity contribution in [2.75, 3.05) is 5.73 Å². The molecule has 0 radical (unpaired) electrons. The zero-order valence-electron chi connectivity index (χ0n) is 8.40. The summed E-state index contributed by atoms with van der Waals surface area (Å²) in [7, 11) is 0. The Labute approximate surface area is 82.5 Å². The highest BCUT2D eigenvalue weighted by molar-refractivity contribution is 5.67. The van der Waals surface area contributed by atoms with Crippen molar-refractivity contribution in [3.63, 3.8) is 0 Å². The van der Waals surface area contributed by atoms with Crippen LogP contribution in [-0.4, -0.2) is 20.9 Å². The number of hydrogen-bond acceptors (Lipinski definition) is 3. The second kappa shape index (κ2) is 4.13. The summed E-state index contributed by atoms with van der Waals surface area (Å²) in [5, 5.41) is 12.6. The summed E-state index contributed by atoms with van der Waals surface area (Å²) < 4.78 is 1.69. The molecule has 0 aliphatic rings. The largest absolute Gasteiger partial charge is 0.481 e. The first-order valence-corrected chi connectivity index (χ1v) is 4.56. The number of nitrogens with zero attached hydrogens (tertiary/aromatic N) is 2. The van der Waals surface area contributed by atoms with E-state index in [1.807, 2.05) is 13.8 Å². The number of aryl methyl sites for hydroxylation is 1. The van der Waals surface area contributed by atoms with Gasteiger partial charge in [0.15, 0.2) is 0 Å². The summed E-state index contributed by atoms with van der Waals surface area (Å²) in [5.74, 6) is -0.247. The minimum Gasteiger partial charge on any atom is -0.481 e. The summed E-state index contributed by atoms with van der Waals surface area (Å²) in [4.78, 5) is 10.4. The van der Waals surface area contributed by atoms with E-state index in [2.05, 4.69) is 5.10 Å². The Morgan fingerprint density at radius 2 is 2.36 bits per heavy atom. The molecule has 0 amide bonds. The predicted octanol–water partition coefficient (Wildman–Crippen LogP) is 1.06. The molecule has 0 unspecified atom stereocenters. The predicted molar refractivity (Wildman–Crippen MR) is 53.0 cm³/mol. The van der Waals surface area contributed by atoms with Crippen LogP contribution in [0.2, 0.25) is 0 Å². The van der Waals surface area contributed by atoms with Crippen molar-refractivity contribution < 1.29 is 9.90 Å². The monoisotopic (exact) mass is 197 g/mol. The number of hydrogen-bond donors (Lipinski definition) is 2. The van der Waals surface area contributed by atoms with Crippen molar-refractivity contribution >= 4 is 11.8 Å². The lowest BCUT2D eigenvalue weighted by atomic mass is 10.2. The second-order valence-electron chi connectivity index (χ2n) is 3.49. The lowest BCUT2D eigenvalue weighted by Crippen LogP contribution is -2.08. The fourth-order valence-electron chi connectivity index (χ4n) is 1.25. The first-order chi connectivity index (χ1) is 6.52. The van der Waals surface area contributed by atoms with E-state index < -0.39 is 5.97 Å². The maximum Gasteiger partial charge on any atom is 0.303 e. The third-order valence-corrected chi connectivity index (χ3v) is 2.01. The number of aromatic nitrogens is 2. The molecular formula is C9H15N3O2. The molecule has 5 nitrogen and oxygen atoms in total. The summed E-state index contributed by atoms with van der Waals surface area (Å²) in [6, 6.07) is 0.202. The highest BCUT2D eigenvalue weighted by Gasteiger charge is 2.10. The molecule has 0 aliphatic heterocycles. The van der Waals surface area contributed by atoms with E-state index in [1.54, 1.807) is 10.9 Å². The molecule has 0 atom stereocenters. The van der Waals surface area contributed by atoms with Gasteiger partial charge in [0.25, 0.3) is 0 Å². The zero-order valence-corrected chi connectivity index (χ0v) is 8.40. The normalized spacial score (nSPS) is 10.8. The maximum atomic E-state index is 10.4. The van der Waals surface area contributed by atoms with Gasteiger partial charge in [-0.15, -0.1) is 0 Å². The van der Waals surface area contributed by atoms with Crippen LogP contribution in [0.4, 0.5) is 5.82 Å². The van der Waals surface area contributed by atoms with E-state index in [0.717, 1.165) is 5.56 Å². The first-order valence-electron chi connectivity index (χ1n) is 4.56. The van der Waals surface area contributed by atoms with Crippen LogP contribution in [0.15, 0.2) is 6.20 Å². The molecule has 1 aromatic heterocycles. The summed E-state index contributed by atoms with van der Waals surface area (Å²) in [6.07, 6.45) is 2.17. The number of carboxylic acids is 1. The number of rotatable bonds is 4. The minimum atomic E-state index is -0.818. The lowest BCUT2D eigenvalue weighted by Gasteiger charge is -2.07. The Morgan fingerprint density at radius 3 is 2.79 bits per heavy atom. The number of carbonyl (C=O) groups is 1. The Balaban J connectivity index is 2.74. The molecule has 0 fully saturated rings. The molecular weight excluding hydrogens is 182 g/mol. The molecule has 5 heteroatoms. The molecule has 0 saturated carbocycles. The SMILES string of the molecule is CC(C)n1ncc(CCC(=O)O)c1N. The summed E-state index contributed by atoms with van der Waals surface area (Å²) in [6.45, 7) is 3.95. The lowest BCUT2D eigenvalue weighted by molar-refractivity contribution is -0.136. The number of anilines is 1. The highest BCUT2D eigenvalue weighted by atomic mass is 16.4. The Kier molecular flexibility index (Phi) is 3.11. The molecule has 14 heavy (non-hydrogen) atoms. The number of nitrogens with two attached hydrogens (primary N) is 1. The number of aliphatic carboxylic acids is 1. The van der Waals surface area contributed by atoms with Crippen molar-refractivity contribution in [3.8, 4) is 0 Å². The molecule has 1 heterocycles. The van der Waals surface area contributed by atoms with Gasteiger partial charge in [0.05, 0.1) is 6.20 Å². The van der Waals surface area contributed by atoms with Gasteiger partial charge in [-0.05, 0) is 20.3 Å². The Morgan fingerprint density at radius 1 is 1.71 bits per heavy atom. The van der Waals surface area contributed by atoms with E-state index in [4.69, 9.17) is 10.8 Å². The van der Waals surface area contributed by atoms with Gasteiger partial charge in [-0.3, -0.25) is 4.79 Å². The van der Waals surface area contributed by atoms with Crippen molar-refractivity contribution in [1.29, 1.82) is 0 Å². The van der Waals surface area contributed by atoms with Gasteiger partial charge in [-0.1, -0.05) is 0 Å². The molecule has 0 aliphatic carbocycles. The van der Waals surface area contributed by atoms with Gasteiger partial charge in [0.1, 0.15) is 5.82 Å². The van der Waals surface area contributed by atoms with Crippen LogP contribution < -0.4 is 5.73 Å². The number of carboxylic acid groups (broad SMARTS) is 1. The first kappa shape index (κ1) is 10.6. The standard InChI is InChI=1S/C9H15N3O2/c1-6(2)12-9(10)7(5-11-12)3-4-8(13)14/h5-6H,3-4,10H2,1-2H3,(H,13,14). The average molecular weight is 197 g/mol. The van der Waals surface area contributed by atoms with Crippen LogP contribution in [0.5, 0.6) is 0 Å². The van der Waals surface area contributed by atoms with Crippen LogP contribution in [0.3, 0.4) is 0 Å². The van der Waals surface area contributed by atoms with E-state index in [0.29, 0.717) is 12.2 Å². The smallest absolute Gasteiger partial charge is 0.303 e. The van der Waals surface area contributed by atoms with Crippen LogP contribution in [0.1, 0.15) is 31.9 Å². The third-order valence-electron chi connectivity index (χ3n) is 2.01. The fraction of sp³-hybridized carbons (Fsp3) is 0.556. The highest BCUT2D eigenvalue weighted by Crippen LogP contribution is 2.17. The van der Waals surface area contributed by atoms with Crippen molar-refractivity contribution in [2.24, 2.45) is 0 Å². The zero-order chi connectivity index (χ0) is 10.7. The molecule has 0 bridgehead atoms. The van der Waals surface area contributed by atoms with Gasteiger partial charge >= 0.3 is 5.97 Å². The summed E-state index contributed by atoms with van der Waals surface area (Å²) >= 11 is 0. The van der Waals surface area contributed by atoms with Gasteiger partial charge in [-0.2, -0.15) is 5.10 Å². The number of nitrogen functional groups attached to an aromatic ring is 1. The van der Waals surface area contributed by atoms with Crippen LogP contribution in [0.25, 0.3) is 0 Å². The van der Waals surface area contributed by atoms with Crippen LogP contribution in [-0.2, 0) is 11.2 Å². The second-order valence-corrected chi connectivity index (χ2v) is 3.49. The molecule has 0 saturated heterocycles. The van der Waals surface area contributed by atoms with E-state index in [9.17, 15) is 4.79 Å². The van der Waals surface area contributed by atoms with E-state index in [-0.39, 0.29) is 12.5 Å². The molecule has 0 spiro atoms. The molecule has 78 valence electrons. The van der Waals surface area contributed by atoms with Crippen LogP contribution in [0, 0.1) is 0 Å². The topological polar surface area (TPSA) is 81.1 Å². The van der Waals surface area contributed by atoms with Gasteiger partial charge in [0, 0.05) is 18.0 Å². The molecule has 0 aromatic carbocycles. The van der Waals surface area contributed by atoms with E-state index >= 15 is 0 Å². The minimum absolute atomic E-state index is 0.0913.